The van der Waals surface area contributed by atoms with Crippen LogP contribution >= 0.6 is 34.4 Å². The lowest BCUT2D eigenvalue weighted by atomic mass is 9.94. The summed E-state index contributed by atoms with van der Waals surface area (Å²) in [7, 11) is 0. The molecule has 36 heavy (non-hydrogen) atoms. The summed E-state index contributed by atoms with van der Waals surface area (Å²) in [6, 6.07) is 16.4. The van der Waals surface area contributed by atoms with Crippen LogP contribution < -0.4 is 4.90 Å². The molecule has 1 aliphatic rings. The van der Waals surface area contributed by atoms with Crippen LogP contribution in [0.2, 0.25) is 0 Å². The van der Waals surface area contributed by atoms with E-state index in [1.165, 1.54) is 51.5 Å². The first-order chi connectivity index (χ1) is 17.5. The van der Waals surface area contributed by atoms with Gasteiger partial charge < -0.3 is 5.11 Å². The number of halogens is 1. The highest BCUT2D eigenvalue weighted by atomic mass is 32.2. The number of carbonyl (C=O) groups excluding carboxylic acids is 2. The number of ketones is 1. The molecule has 0 radical (unpaired) electrons. The minimum atomic E-state index is -0.832. The summed E-state index contributed by atoms with van der Waals surface area (Å²) in [5, 5.41) is 21.4. The Morgan fingerprint density at radius 3 is 2.47 bits per heavy atom. The van der Waals surface area contributed by atoms with Gasteiger partial charge in [-0.2, -0.15) is 0 Å². The second-order valence-corrected chi connectivity index (χ2v) is 11.1. The maximum Gasteiger partial charge on any atom is 0.296 e. The summed E-state index contributed by atoms with van der Waals surface area (Å²) >= 11 is 3.87. The number of benzene rings is 2. The molecule has 1 atom stereocenters. The fourth-order valence-corrected chi connectivity index (χ4v) is 6.41. The van der Waals surface area contributed by atoms with Crippen molar-refractivity contribution in [2.24, 2.45) is 0 Å². The molecule has 5 rings (SSSR count). The van der Waals surface area contributed by atoms with Gasteiger partial charge in [0.05, 0.1) is 16.5 Å². The highest BCUT2D eigenvalue weighted by Gasteiger charge is 2.46. The van der Waals surface area contributed by atoms with Gasteiger partial charge in [0.15, 0.2) is 10.1 Å². The molecule has 6 nitrogen and oxygen atoms in total. The first kappa shape index (κ1) is 24.4. The molecule has 0 spiro atoms. The van der Waals surface area contributed by atoms with E-state index in [4.69, 9.17) is 0 Å². The first-order valence-corrected chi connectivity index (χ1v) is 13.8. The fourth-order valence-electron chi connectivity index (χ4n) is 3.91. The summed E-state index contributed by atoms with van der Waals surface area (Å²) in [5.41, 5.74) is 2.76. The molecule has 0 aliphatic carbocycles. The predicted molar refractivity (Wildman–Crippen MR) is 140 cm³/mol. The summed E-state index contributed by atoms with van der Waals surface area (Å²) in [5.74, 6) is -1.40. The standard InChI is InChI=1S/C26H20FN3O3S3/c1-2-15-5-9-17(10-6-15)21-20(22(31)19-4-3-13-34-19)23(32)24(33)30(21)25-28-29-26(36-25)35-14-16-7-11-18(27)12-8-16/h3-13,21,32H,2,14H2,1H3. The molecule has 1 unspecified atom stereocenters. The van der Waals surface area contributed by atoms with Gasteiger partial charge in [0, 0.05) is 5.75 Å². The van der Waals surface area contributed by atoms with Gasteiger partial charge in [-0.15, -0.1) is 21.5 Å². The van der Waals surface area contributed by atoms with Gasteiger partial charge in [-0.3, -0.25) is 14.5 Å². The van der Waals surface area contributed by atoms with Gasteiger partial charge in [0.2, 0.25) is 10.9 Å². The van der Waals surface area contributed by atoms with E-state index in [0.29, 0.717) is 20.5 Å². The van der Waals surface area contributed by atoms with Crippen molar-refractivity contribution in [1.29, 1.82) is 0 Å². The van der Waals surface area contributed by atoms with Crippen LogP contribution in [0.15, 0.2) is 81.7 Å². The zero-order chi connectivity index (χ0) is 25.2. The van der Waals surface area contributed by atoms with E-state index < -0.39 is 23.5 Å². The summed E-state index contributed by atoms with van der Waals surface area (Å²) < 4.78 is 13.8. The molecule has 0 bridgehead atoms. The Morgan fingerprint density at radius 1 is 1.08 bits per heavy atom. The number of thiophene rings is 1. The van der Waals surface area contributed by atoms with Crippen molar-refractivity contribution < 1.29 is 19.1 Å². The number of aromatic nitrogens is 2. The molecule has 2 aromatic heterocycles. The molecular weight excluding hydrogens is 518 g/mol. The minimum absolute atomic E-state index is 0.0300. The lowest BCUT2D eigenvalue weighted by molar-refractivity contribution is -0.117. The average molecular weight is 538 g/mol. The molecular formula is C26H20FN3O3S3. The molecule has 1 N–H and O–H groups in total. The maximum atomic E-state index is 13.4. The number of aryl methyl sites for hydroxylation is 1. The van der Waals surface area contributed by atoms with E-state index >= 15 is 0 Å². The van der Waals surface area contributed by atoms with E-state index in [1.807, 2.05) is 31.2 Å². The number of aliphatic hydroxyl groups excluding tert-OH is 1. The number of anilines is 1. The Kier molecular flexibility index (Phi) is 6.99. The Labute approximate surface area is 219 Å². The predicted octanol–water partition coefficient (Wildman–Crippen LogP) is 6.38. The highest BCUT2D eigenvalue weighted by molar-refractivity contribution is 8.00. The number of thioether (sulfide) groups is 1. The molecule has 10 heteroatoms. The molecule has 182 valence electrons. The molecule has 4 aromatic rings. The Morgan fingerprint density at radius 2 is 1.81 bits per heavy atom. The van der Waals surface area contributed by atoms with Crippen molar-refractivity contribution in [3.63, 3.8) is 0 Å². The van der Waals surface area contributed by atoms with E-state index in [9.17, 15) is 19.1 Å². The van der Waals surface area contributed by atoms with E-state index in [1.54, 1.807) is 29.6 Å². The van der Waals surface area contributed by atoms with Crippen LogP contribution in [0.3, 0.4) is 0 Å². The monoisotopic (exact) mass is 537 g/mol. The Hall–Kier alpha value is -3.34. The topological polar surface area (TPSA) is 83.4 Å². The number of rotatable bonds is 8. The lowest BCUT2D eigenvalue weighted by Gasteiger charge is -2.24. The van der Waals surface area contributed by atoms with Gasteiger partial charge in [-0.1, -0.05) is 72.5 Å². The highest BCUT2D eigenvalue weighted by Crippen LogP contribution is 2.44. The van der Waals surface area contributed by atoms with Crippen LogP contribution in [-0.2, 0) is 17.0 Å². The van der Waals surface area contributed by atoms with Crippen molar-refractivity contribution in [1.82, 2.24) is 10.2 Å². The number of aliphatic hydroxyl groups is 1. The molecule has 0 fully saturated rings. The number of Topliss-reactive ketones (excluding diaryl/α,β-unsaturated/α-hetero) is 1. The molecule has 0 saturated carbocycles. The zero-order valence-electron chi connectivity index (χ0n) is 19.1. The van der Waals surface area contributed by atoms with Crippen LogP contribution in [0.25, 0.3) is 0 Å². The molecule has 2 aromatic carbocycles. The normalized spacial score (nSPS) is 15.7. The van der Waals surface area contributed by atoms with E-state index in [2.05, 4.69) is 10.2 Å². The SMILES string of the molecule is CCc1ccc(C2C(C(=O)c3cccs3)=C(O)C(=O)N2c2nnc(SCc3ccc(F)cc3)s2)cc1. The van der Waals surface area contributed by atoms with Gasteiger partial charge in [-0.05, 0) is 46.7 Å². The molecule has 3 heterocycles. The quantitative estimate of drug-likeness (QED) is 0.160. The van der Waals surface area contributed by atoms with Crippen molar-refractivity contribution in [2.45, 2.75) is 29.5 Å². The molecule has 1 amide bonds. The smallest absolute Gasteiger partial charge is 0.296 e. The molecule has 1 aliphatic heterocycles. The third-order valence-electron chi connectivity index (χ3n) is 5.78. The van der Waals surface area contributed by atoms with Crippen molar-refractivity contribution in [3.8, 4) is 0 Å². The second-order valence-electron chi connectivity index (χ2n) is 8.01. The summed E-state index contributed by atoms with van der Waals surface area (Å²) in [4.78, 5) is 28.5. The minimum Gasteiger partial charge on any atom is -0.503 e. The van der Waals surface area contributed by atoms with Gasteiger partial charge in [-0.25, -0.2) is 4.39 Å². The first-order valence-electron chi connectivity index (χ1n) is 11.1. The second kappa shape index (κ2) is 10.3. The third-order valence-corrected chi connectivity index (χ3v) is 8.77. The van der Waals surface area contributed by atoms with Crippen molar-refractivity contribution in [2.75, 3.05) is 4.90 Å². The Balaban J connectivity index is 1.48. The Bertz CT molecular complexity index is 1430. The van der Waals surface area contributed by atoms with Crippen molar-refractivity contribution >= 4 is 51.3 Å². The van der Waals surface area contributed by atoms with Gasteiger partial charge >= 0.3 is 0 Å². The number of nitrogens with zero attached hydrogens (tertiary/aromatic N) is 3. The number of hydrogen-bond acceptors (Lipinski definition) is 8. The number of carbonyl (C=O) groups is 2. The van der Waals surface area contributed by atoms with Crippen LogP contribution in [0.1, 0.15) is 39.3 Å². The maximum absolute atomic E-state index is 13.4. The van der Waals surface area contributed by atoms with Crippen LogP contribution in [0, 0.1) is 5.82 Å². The number of hydrogen-bond donors (Lipinski definition) is 1. The lowest BCUT2D eigenvalue weighted by Crippen LogP contribution is -2.31. The van der Waals surface area contributed by atoms with E-state index in [0.717, 1.165) is 17.5 Å². The van der Waals surface area contributed by atoms with Crippen LogP contribution in [-0.4, -0.2) is 27.0 Å². The summed E-state index contributed by atoms with van der Waals surface area (Å²) in [6.07, 6.45) is 0.848. The molecule has 0 saturated heterocycles. The number of amides is 1. The third kappa shape index (κ3) is 4.71. The van der Waals surface area contributed by atoms with Gasteiger partial charge in [0.1, 0.15) is 5.82 Å². The largest absolute Gasteiger partial charge is 0.503 e. The van der Waals surface area contributed by atoms with Crippen molar-refractivity contribution in [3.05, 3.63) is 105 Å². The summed E-state index contributed by atoms with van der Waals surface area (Å²) in [6.45, 7) is 2.05. The average Bonchev–Trinajstić information content (AvgIpc) is 3.64. The van der Waals surface area contributed by atoms with E-state index in [-0.39, 0.29) is 16.5 Å². The van der Waals surface area contributed by atoms with Crippen LogP contribution in [0.4, 0.5) is 9.52 Å². The van der Waals surface area contributed by atoms with Gasteiger partial charge in [0.25, 0.3) is 5.91 Å². The van der Waals surface area contributed by atoms with Crippen LogP contribution in [0.5, 0.6) is 0 Å². The fraction of sp³-hybridized carbons (Fsp3) is 0.154. The zero-order valence-corrected chi connectivity index (χ0v) is 21.5.